The van der Waals surface area contributed by atoms with E-state index in [4.69, 9.17) is 0 Å². The fourth-order valence-corrected chi connectivity index (χ4v) is 2.83. The van der Waals surface area contributed by atoms with Gasteiger partial charge in [-0.2, -0.15) is 0 Å². The van der Waals surface area contributed by atoms with Crippen LogP contribution in [0.25, 0.3) is 0 Å². The van der Waals surface area contributed by atoms with Crippen molar-refractivity contribution in [3.05, 3.63) is 33.5 Å². The molecule has 0 fully saturated rings. The van der Waals surface area contributed by atoms with E-state index in [-0.39, 0.29) is 11.3 Å². The maximum atomic E-state index is 11.3. The lowest BCUT2D eigenvalue weighted by atomic mass is 9.82. The van der Waals surface area contributed by atoms with Crippen molar-refractivity contribution in [3.63, 3.8) is 0 Å². The quantitative estimate of drug-likeness (QED) is 0.800. The maximum Gasteiger partial charge on any atom is 0.307 e. The number of hydrogen-bond acceptors (Lipinski definition) is 2. The Balaban J connectivity index is 3.18. The van der Waals surface area contributed by atoms with Crippen molar-refractivity contribution in [2.24, 2.45) is 11.3 Å². The molecule has 1 rings (SSSR count). The average Bonchev–Trinajstić information content (AvgIpc) is 2.69. The normalized spacial score (nSPS) is 16.2. The van der Waals surface area contributed by atoms with Gasteiger partial charge in [-0.05, 0) is 31.4 Å². The SMILES string of the molecule is C/C(=C\[C@H](c1ccc(C)s1)[C@H](C)C(=O)O)C(C)(C)C. The Bertz CT molecular complexity index is 477. The first-order valence-electron chi connectivity index (χ1n) is 6.61. The van der Waals surface area contributed by atoms with E-state index in [1.807, 2.05) is 0 Å². The van der Waals surface area contributed by atoms with Crippen molar-refractivity contribution in [3.8, 4) is 0 Å². The molecule has 1 heterocycles. The van der Waals surface area contributed by atoms with Crippen molar-refractivity contribution in [1.82, 2.24) is 0 Å². The third kappa shape index (κ3) is 4.20. The zero-order valence-corrected chi connectivity index (χ0v) is 13.5. The summed E-state index contributed by atoms with van der Waals surface area (Å²) in [6.45, 7) is 12.4. The van der Waals surface area contributed by atoms with Crippen LogP contribution in [-0.2, 0) is 4.79 Å². The summed E-state index contributed by atoms with van der Waals surface area (Å²) in [4.78, 5) is 13.7. The maximum absolute atomic E-state index is 11.3. The molecule has 2 nitrogen and oxygen atoms in total. The summed E-state index contributed by atoms with van der Waals surface area (Å²) in [5, 5.41) is 9.31. The molecule has 0 saturated heterocycles. The first kappa shape index (κ1) is 16.0. The number of rotatable bonds is 4. The van der Waals surface area contributed by atoms with Gasteiger partial charge >= 0.3 is 5.97 Å². The lowest BCUT2D eigenvalue weighted by Crippen LogP contribution is -2.18. The Morgan fingerprint density at radius 3 is 2.32 bits per heavy atom. The number of carboxylic acid groups (broad SMARTS) is 1. The molecule has 106 valence electrons. The first-order valence-corrected chi connectivity index (χ1v) is 7.42. The predicted octanol–water partition coefficient (Wildman–Crippen LogP) is 4.85. The summed E-state index contributed by atoms with van der Waals surface area (Å²) in [6, 6.07) is 4.11. The number of allylic oxidation sites excluding steroid dienone is 2. The smallest absolute Gasteiger partial charge is 0.307 e. The summed E-state index contributed by atoms with van der Waals surface area (Å²) in [5.74, 6) is -1.19. The summed E-state index contributed by atoms with van der Waals surface area (Å²) in [6.07, 6.45) is 2.13. The van der Waals surface area contributed by atoms with Crippen LogP contribution in [0.15, 0.2) is 23.8 Å². The van der Waals surface area contributed by atoms with Crippen LogP contribution in [0.3, 0.4) is 0 Å². The van der Waals surface area contributed by atoms with E-state index in [0.717, 1.165) is 4.88 Å². The Kier molecular flexibility index (Phi) is 4.97. The van der Waals surface area contributed by atoms with Crippen LogP contribution in [0.2, 0.25) is 0 Å². The second-order valence-electron chi connectivity index (χ2n) is 6.20. The molecule has 0 aliphatic heterocycles. The topological polar surface area (TPSA) is 37.3 Å². The minimum Gasteiger partial charge on any atom is -0.481 e. The van der Waals surface area contributed by atoms with Gasteiger partial charge in [0, 0.05) is 15.7 Å². The Labute approximate surface area is 120 Å². The lowest BCUT2D eigenvalue weighted by Gasteiger charge is -2.24. The van der Waals surface area contributed by atoms with Crippen molar-refractivity contribution < 1.29 is 9.90 Å². The molecule has 0 radical (unpaired) electrons. The van der Waals surface area contributed by atoms with Gasteiger partial charge in [0.2, 0.25) is 0 Å². The highest BCUT2D eigenvalue weighted by Gasteiger charge is 2.26. The van der Waals surface area contributed by atoms with Gasteiger partial charge in [-0.25, -0.2) is 0 Å². The molecule has 0 amide bonds. The van der Waals surface area contributed by atoms with Gasteiger partial charge in [-0.1, -0.05) is 39.3 Å². The summed E-state index contributed by atoms with van der Waals surface area (Å²) in [7, 11) is 0. The fourth-order valence-electron chi connectivity index (χ4n) is 1.78. The third-order valence-corrected chi connectivity index (χ3v) is 4.73. The molecule has 0 aliphatic rings. The molecule has 0 aliphatic carbocycles. The van der Waals surface area contributed by atoms with Crippen LogP contribution in [0.1, 0.15) is 50.3 Å². The molecule has 0 aromatic carbocycles. The van der Waals surface area contributed by atoms with Gasteiger partial charge in [0.05, 0.1) is 5.92 Å². The zero-order chi connectivity index (χ0) is 14.8. The van der Waals surface area contributed by atoms with E-state index >= 15 is 0 Å². The molecular formula is C16H24O2S. The molecule has 0 saturated carbocycles. The molecular weight excluding hydrogens is 256 g/mol. The number of aliphatic carboxylic acids is 1. The van der Waals surface area contributed by atoms with Crippen LogP contribution in [0.4, 0.5) is 0 Å². The Morgan fingerprint density at radius 1 is 1.37 bits per heavy atom. The molecule has 0 unspecified atom stereocenters. The molecule has 0 bridgehead atoms. The summed E-state index contributed by atoms with van der Waals surface area (Å²) in [5.41, 5.74) is 1.31. The number of carbonyl (C=O) groups is 1. The standard InChI is InChI=1S/C16H24O2S/c1-10(16(4,5)6)9-13(12(3)15(17)18)14-8-7-11(2)19-14/h7-9,12-13H,1-6H3,(H,17,18)/b10-9+/t12-,13-/m0/s1. The second kappa shape index (κ2) is 5.91. The molecule has 2 atom stereocenters. The Hall–Kier alpha value is -1.09. The summed E-state index contributed by atoms with van der Waals surface area (Å²) < 4.78 is 0. The molecule has 3 heteroatoms. The minimum absolute atomic E-state index is 0.0459. The minimum atomic E-state index is -0.742. The van der Waals surface area contributed by atoms with Crippen LogP contribution >= 0.6 is 11.3 Å². The molecule has 0 spiro atoms. The van der Waals surface area contributed by atoms with Gasteiger partial charge < -0.3 is 5.11 Å². The second-order valence-corrected chi connectivity index (χ2v) is 7.52. The van der Waals surface area contributed by atoms with Crippen molar-refractivity contribution >= 4 is 17.3 Å². The van der Waals surface area contributed by atoms with Gasteiger partial charge in [-0.15, -0.1) is 11.3 Å². The molecule has 1 aromatic rings. The van der Waals surface area contributed by atoms with Crippen molar-refractivity contribution in [1.29, 1.82) is 0 Å². The van der Waals surface area contributed by atoms with Crippen LogP contribution in [0, 0.1) is 18.3 Å². The number of hydrogen-bond donors (Lipinski definition) is 1. The first-order chi connectivity index (χ1) is 8.62. The highest BCUT2D eigenvalue weighted by molar-refractivity contribution is 7.12. The van der Waals surface area contributed by atoms with E-state index in [0.29, 0.717) is 0 Å². The van der Waals surface area contributed by atoms with Crippen LogP contribution < -0.4 is 0 Å². The third-order valence-electron chi connectivity index (χ3n) is 3.63. The molecule has 1 aromatic heterocycles. The highest BCUT2D eigenvalue weighted by Crippen LogP contribution is 2.35. The molecule has 1 N–H and O–H groups in total. The number of thiophene rings is 1. The van der Waals surface area contributed by atoms with Crippen molar-refractivity contribution in [2.45, 2.75) is 47.5 Å². The number of carboxylic acids is 1. The monoisotopic (exact) mass is 280 g/mol. The van der Waals surface area contributed by atoms with E-state index in [1.54, 1.807) is 18.3 Å². The van der Waals surface area contributed by atoms with E-state index in [1.165, 1.54) is 10.5 Å². The van der Waals surface area contributed by atoms with Gasteiger partial charge in [-0.3, -0.25) is 4.79 Å². The van der Waals surface area contributed by atoms with Crippen LogP contribution in [-0.4, -0.2) is 11.1 Å². The average molecular weight is 280 g/mol. The van der Waals surface area contributed by atoms with Crippen molar-refractivity contribution in [2.75, 3.05) is 0 Å². The predicted molar refractivity (Wildman–Crippen MR) is 81.8 cm³/mol. The largest absolute Gasteiger partial charge is 0.481 e. The van der Waals surface area contributed by atoms with Gasteiger partial charge in [0.25, 0.3) is 0 Å². The highest BCUT2D eigenvalue weighted by atomic mass is 32.1. The fraction of sp³-hybridized carbons (Fsp3) is 0.562. The van der Waals surface area contributed by atoms with E-state index in [2.05, 4.69) is 52.8 Å². The van der Waals surface area contributed by atoms with E-state index < -0.39 is 11.9 Å². The Morgan fingerprint density at radius 2 is 1.95 bits per heavy atom. The van der Waals surface area contributed by atoms with Crippen LogP contribution in [0.5, 0.6) is 0 Å². The summed E-state index contributed by atoms with van der Waals surface area (Å²) >= 11 is 1.69. The number of aryl methyl sites for hydroxylation is 1. The van der Waals surface area contributed by atoms with E-state index in [9.17, 15) is 9.90 Å². The lowest BCUT2D eigenvalue weighted by molar-refractivity contribution is -0.141. The molecule has 19 heavy (non-hydrogen) atoms. The van der Waals surface area contributed by atoms with Gasteiger partial charge in [0.15, 0.2) is 0 Å². The van der Waals surface area contributed by atoms with Gasteiger partial charge in [0.1, 0.15) is 0 Å². The zero-order valence-electron chi connectivity index (χ0n) is 12.7.